The third-order valence-corrected chi connectivity index (χ3v) is 5.50. The quantitative estimate of drug-likeness (QED) is 0.304. The average Bonchev–Trinajstić information content (AvgIpc) is 3.13. The minimum Gasteiger partial charge on any atom is -0.496 e. The first-order chi connectivity index (χ1) is 15.0. The van der Waals surface area contributed by atoms with Crippen LogP contribution in [-0.2, 0) is 6.42 Å². The van der Waals surface area contributed by atoms with Gasteiger partial charge < -0.3 is 23.4 Å². The molecule has 6 nitrogen and oxygen atoms in total. The molecule has 0 N–H and O–H groups in total. The zero-order chi connectivity index (χ0) is 22.5. The second-order valence-electron chi connectivity index (χ2n) is 7.36. The van der Waals surface area contributed by atoms with Crippen molar-refractivity contribution in [3.8, 4) is 23.0 Å². The van der Waals surface area contributed by atoms with Crippen molar-refractivity contribution >= 4 is 16.8 Å². The van der Waals surface area contributed by atoms with Crippen LogP contribution in [0, 0.1) is 6.92 Å². The van der Waals surface area contributed by atoms with E-state index in [-0.39, 0.29) is 5.78 Å². The summed E-state index contributed by atoms with van der Waals surface area (Å²) in [6.07, 6.45) is 4.11. The fourth-order valence-electron chi connectivity index (χ4n) is 3.94. The van der Waals surface area contributed by atoms with Crippen LogP contribution in [0.4, 0.5) is 0 Å². The van der Waals surface area contributed by atoms with Crippen LogP contribution in [0.1, 0.15) is 53.4 Å². The van der Waals surface area contributed by atoms with Gasteiger partial charge in [-0.05, 0) is 44.0 Å². The predicted octanol–water partition coefficient (Wildman–Crippen LogP) is 5.74. The number of hydrogen-bond donors (Lipinski definition) is 0. The molecule has 3 aromatic rings. The second kappa shape index (κ2) is 9.77. The SMILES string of the molecule is CCCCCc1c(OC)ccc2c(C(=O)c3cc(OC)c(OC)c(OC)c3)c(C)oc12. The van der Waals surface area contributed by atoms with Crippen LogP contribution in [-0.4, -0.2) is 34.2 Å². The van der Waals surface area contributed by atoms with Gasteiger partial charge in [0, 0.05) is 16.5 Å². The molecule has 0 unspecified atom stereocenters. The summed E-state index contributed by atoms with van der Waals surface area (Å²) < 4.78 is 27.9. The Hall–Kier alpha value is -3.15. The lowest BCUT2D eigenvalue weighted by Crippen LogP contribution is -2.05. The van der Waals surface area contributed by atoms with Crippen LogP contribution in [0.3, 0.4) is 0 Å². The Morgan fingerprint density at radius 1 is 0.903 bits per heavy atom. The Morgan fingerprint density at radius 2 is 1.55 bits per heavy atom. The van der Waals surface area contributed by atoms with Gasteiger partial charge >= 0.3 is 0 Å². The highest BCUT2D eigenvalue weighted by atomic mass is 16.5. The molecule has 3 rings (SSSR count). The van der Waals surface area contributed by atoms with E-state index in [0.29, 0.717) is 39.7 Å². The summed E-state index contributed by atoms with van der Waals surface area (Å²) in [4.78, 5) is 13.6. The number of rotatable bonds is 10. The Balaban J connectivity index is 2.14. The van der Waals surface area contributed by atoms with Gasteiger partial charge in [-0.15, -0.1) is 0 Å². The number of unbranched alkanes of at least 4 members (excludes halogenated alkanes) is 2. The van der Waals surface area contributed by atoms with Crippen molar-refractivity contribution in [2.45, 2.75) is 39.5 Å². The molecule has 31 heavy (non-hydrogen) atoms. The molecule has 0 atom stereocenters. The molecule has 0 spiro atoms. The summed E-state index contributed by atoms with van der Waals surface area (Å²) in [6.45, 7) is 3.98. The highest BCUT2D eigenvalue weighted by Gasteiger charge is 2.25. The molecule has 1 heterocycles. The summed E-state index contributed by atoms with van der Waals surface area (Å²) in [7, 11) is 6.24. The fourth-order valence-corrected chi connectivity index (χ4v) is 3.94. The van der Waals surface area contributed by atoms with Crippen molar-refractivity contribution < 1.29 is 28.2 Å². The summed E-state index contributed by atoms with van der Waals surface area (Å²) in [5.74, 6) is 2.48. The maximum atomic E-state index is 13.6. The van der Waals surface area contributed by atoms with Gasteiger partial charge in [0.1, 0.15) is 17.1 Å². The lowest BCUT2D eigenvalue weighted by Gasteiger charge is -2.13. The number of ether oxygens (including phenoxy) is 4. The molecule has 0 fully saturated rings. The van der Waals surface area contributed by atoms with Crippen molar-refractivity contribution in [2.75, 3.05) is 28.4 Å². The molecule has 0 amide bonds. The van der Waals surface area contributed by atoms with Gasteiger partial charge in [0.15, 0.2) is 17.3 Å². The molecule has 0 aliphatic rings. The molecule has 2 aromatic carbocycles. The standard InChI is InChI=1S/C25H30O6/c1-7-8-9-10-17-19(27-3)12-11-18-22(15(2)31-24(17)18)23(26)16-13-20(28-4)25(30-6)21(14-16)29-5/h11-14H,7-10H2,1-6H3. The molecule has 0 aliphatic carbocycles. The van der Waals surface area contributed by atoms with Crippen LogP contribution < -0.4 is 18.9 Å². The van der Waals surface area contributed by atoms with Gasteiger partial charge in [-0.1, -0.05) is 19.8 Å². The third-order valence-electron chi connectivity index (χ3n) is 5.50. The molecule has 0 saturated heterocycles. The highest BCUT2D eigenvalue weighted by molar-refractivity contribution is 6.17. The highest BCUT2D eigenvalue weighted by Crippen LogP contribution is 2.40. The van der Waals surface area contributed by atoms with Crippen molar-refractivity contribution in [1.82, 2.24) is 0 Å². The number of carbonyl (C=O) groups excluding carboxylic acids is 1. The Labute approximate surface area is 183 Å². The number of furan rings is 1. The van der Waals surface area contributed by atoms with Gasteiger partial charge in [-0.2, -0.15) is 0 Å². The van der Waals surface area contributed by atoms with Crippen LogP contribution >= 0.6 is 0 Å². The molecule has 0 bridgehead atoms. The average molecular weight is 427 g/mol. The molecule has 0 aliphatic heterocycles. The van der Waals surface area contributed by atoms with Gasteiger partial charge in [0.2, 0.25) is 5.75 Å². The number of benzene rings is 2. The minimum atomic E-state index is -0.167. The maximum Gasteiger partial charge on any atom is 0.203 e. The fraction of sp³-hybridized carbons (Fsp3) is 0.400. The number of aryl methyl sites for hydroxylation is 2. The van der Waals surface area contributed by atoms with E-state index in [2.05, 4.69) is 6.92 Å². The first-order valence-corrected chi connectivity index (χ1v) is 10.4. The Bertz CT molecular complexity index is 1050. The van der Waals surface area contributed by atoms with E-state index in [0.717, 1.165) is 42.4 Å². The summed E-state index contributed by atoms with van der Waals surface area (Å²) in [5, 5.41) is 0.781. The summed E-state index contributed by atoms with van der Waals surface area (Å²) >= 11 is 0. The lowest BCUT2D eigenvalue weighted by molar-refractivity contribution is 0.103. The van der Waals surface area contributed by atoms with Crippen LogP contribution in [0.2, 0.25) is 0 Å². The molecule has 0 radical (unpaired) electrons. The number of fused-ring (bicyclic) bond motifs is 1. The van der Waals surface area contributed by atoms with Gasteiger partial charge in [0.25, 0.3) is 0 Å². The Morgan fingerprint density at radius 3 is 2.10 bits per heavy atom. The predicted molar refractivity (Wildman–Crippen MR) is 120 cm³/mol. The smallest absolute Gasteiger partial charge is 0.203 e. The van der Waals surface area contributed by atoms with E-state index in [1.54, 1.807) is 19.2 Å². The lowest BCUT2D eigenvalue weighted by atomic mass is 9.97. The first-order valence-electron chi connectivity index (χ1n) is 10.4. The molecule has 1 aromatic heterocycles. The number of methoxy groups -OCH3 is 4. The van der Waals surface area contributed by atoms with E-state index in [9.17, 15) is 4.79 Å². The molecule has 166 valence electrons. The molecular formula is C25H30O6. The van der Waals surface area contributed by atoms with E-state index < -0.39 is 0 Å². The monoisotopic (exact) mass is 426 g/mol. The van der Waals surface area contributed by atoms with E-state index in [1.807, 2.05) is 19.1 Å². The maximum absolute atomic E-state index is 13.6. The third kappa shape index (κ3) is 4.20. The molecule has 6 heteroatoms. The number of carbonyl (C=O) groups is 1. The first kappa shape index (κ1) is 22.5. The van der Waals surface area contributed by atoms with E-state index in [1.165, 1.54) is 21.3 Å². The zero-order valence-electron chi connectivity index (χ0n) is 19.1. The van der Waals surface area contributed by atoms with Crippen LogP contribution in [0.25, 0.3) is 11.0 Å². The van der Waals surface area contributed by atoms with Gasteiger partial charge in [0.05, 0.1) is 34.0 Å². The van der Waals surface area contributed by atoms with Crippen molar-refractivity contribution in [2.24, 2.45) is 0 Å². The number of hydrogen-bond acceptors (Lipinski definition) is 6. The van der Waals surface area contributed by atoms with Crippen molar-refractivity contribution in [1.29, 1.82) is 0 Å². The van der Waals surface area contributed by atoms with Gasteiger partial charge in [-0.3, -0.25) is 4.79 Å². The van der Waals surface area contributed by atoms with E-state index >= 15 is 0 Å². The molecule has 0 saturated carbocycles. The van der Waals surface area contributed by atoms with Crippen LogP contribution in [0.5, 0.6) is 23.0 Å². The van der Waals surface area contributed by atoms with Gasteiger partial charge in [-0.25, -0.2) is 0 Å². The number of ketones is 1. The largest absolute Gasteiger partial charge is 0.496 e. The van der Waals surface area contributed by atoms with Crippen molar-refractivity contribution in [3.05, 3.63) is 46.7 Å². The second-order valence-corrected chi connectivity index (χ2v) is 7.36. The normalized spacial score (nSPS) is 10.9. The van der Waals surface area contributed by atoms with Crippen LogP contribution in [0.15, 0.2) is 28.7 Å². The summed E-state index contributed by atoms with van der Waals surface area (Å²) in [6, 6.07) is 7.12. The Kier molecular flexibility index (Phi) is 7.10. The zero-order valence-corrected chi connectivity index (χ0v) is 19.1. The molecular weight excluding hydrogens is 396 g/mol. The van der Waals surface area contributed by atoms with E-state index in [4.69, 9.17) is 23.4 Å². The minimum absolute atomic E-state index is 0.167. The van der Waals surface area contributed by atoms with Crippen molar-refractivity contribution in [3.63, 3.8) is 0 Å². The topological polar surface area (TPSA) is 67.1 Å². The summed E-state index contributed by atoms with van der Waals surface area (Å²) in [5.41, 5.74) is 2.68.